The van der Waals surface area contributed by atoms with Crippen LogP contribution in [0, 0.1) is 5.82 Å². The maximum absolute atomic E-state index is 12.9. The van der Waals surface area contributed by atoms with Crippen LogP contribution in [0.5, 0.6) is 0 Å². The Bertz CT molecular complexity index is 811. The molecule has 0 aliphatic carbocycles. The maximum atomic E-state index is 12.9. The highest BCUT2D eigenvalue weighted by molar-refractivity contribution is 7.17. The Labute approximate surface area is 136 Å². The van der Waals surface area contributed by atoms with Gasteiger partial charge >= 0.3 is 0 Å². The highest BCUT2D eigenvalue weighted by atomic mass is 32.1. The second kappa shape index (κ2) is 6.72. The summed E-state index contributed by atoms with van der Waals surface area (Å²) in [5, 5.41) is 13.1. The molecule has 0 bridgehead atoms. The SMILES string of the molecule is O=C(NO)c1ccc(-c2ccn(CCc3ccc(F)cc3)n2)s1. The number of aryl methyl sites for hydroxylation is 2. The van der Waals surface area contributed by atoms with E-state index >= 15 is 0 Å². The molecule has 0 fully saturated rings. The van der Waals surface area contributed by atoms with Gasteiger partial charge in [0.05, 0.1) is 9.75 Å². The smallest absolute Gasteiger partial charge is 0.284 e. The lowest BCUT2D eigenvalue weighted by molar-refractivity contribution is 0.0711. The molecule has 2 aromatic heterocycles. The van der Waals surface area contributed by atoms with Gasteiger partial charge in [0.25, 0.3) is 5.91 Å². The molecule has 0 atom stereocenters. The normalized spacial score (nSPS) is 10.7. The van der Waals surface area contributed by atoms with E-state index in [9.17, 15) is 9.18 Å². The van der Waals surface area contributed by atoms with Crippen molar-refractivity contribution in [2.75, 3.05) is 0 Å². The number of amides is 1. The Morgan fingerprint density at radius 2 is 2.00 bits per heavy atom. The van der Waals surface area contributed by atoms with E-state index in [-0.39, 0.29) is 5.82 Å². The number of carbonyl (C=O) groups excluding carboxylic acids is 1. The number of carbonyl (C=O) groups is 1. The molecular weight excluding hydrogens is 317 g/mol. The van der Waals surface area contributed by atoms with Gasteiger partial charge in [-0.2, -0.15) is 5.10 Å². The van der Waals surface area contributed by atoms with Gasteiger partial charge in [-0.05, 0) is 42.3 Å². The molecule has 0 radical (unpaired) electrons. The van der Waals surface area contributed by atoms with Gasteiger partial charge in [0.1, 0.15) is 11.5 Å². The third kappa shape index (κ3) is 3.64. The molecule has 2 N–H and O–H groups in total. The van der Waals surface area contributed by atoms with Crippen molar-refractivity contribution in [3.05, 3.63) is 64.9 Å². The van der Waals surface area contributed by atoms with E-state index < -0.39 is 5.91 Å². The quantitative estimate of drug-likeness (QED) is 0.558. The zero-order valence-corrected chi connectivity index (χ0v) is 12.9. The molecule has 0 aliphatic rings. The molecule has 118 valence electrons. The summed E-state index contributed by atoms with van der Waals surface area (Å²) in [6.45, 7) is 0.682. The molecule has 5 nitrogen and oxygen atoms in total. The van der Waals surface area contributed by atoms with Crippen LogP contribution in [0.2, 0.25) is 0 Å². The predicted octanol–water partition coefficient (Wildman–Crippen LogP) is 3.11. The standard InChI is InChI=1S/C16H14FN3O2S/c17-12-3-1-11(2-4-12)7-9-20-10-8-13(18-20)14-5-6-15(23-14)16(21)19-22/h1-6,8,10,22H,7,9H2,(H,19,21). The van der Waals surface area contributed by atoms with Gasteiger partial charge in [0.2, 0.25) is 0 Å². The predicted molar refractivity (Wildman–Crippen MR) is 84.9 cm³/mol. The summed E-state index contributed by atoms with van der Waals surface area (Å²) in [7, 11) is 0. The first-order chi connectivity index (χ1) is 11.2. The lowest BCUT2D eigenvalue weighted by Gasteiger charge is -2.02. The minimum Gasteiger partial charge on any atom is -0.288 e. The van der Waals surface area contributed by atoms with Crippen LogP contribution >= 0.6 is 11.3 Å². The van der Waals surface area contributed by atoms with Crippen molar-refractivity contribution in [3.63, 3.8) is 0 Å². The summed E-state index contributed by atoms with van der Waals surface area (Å²) in [4.78, 5) is 12.6. The van der Waals surface area contributed by atoms with Crippen LogP contribution in [0.15, 0.2) is 48.7 Å². The topological polar surface area (TPSA) is 67.2 Å². The van der Waals surface area contributed by atoms with Crippen LogP contribution in [0.4, 0.5) is 4.39 Å². The Balaban J connectivity index is 1.67. The number of rotatable bonds is 5. The zero-order chi connectivity index (χ0) is 16.2. The molecule has 0 saturated carbocycles. The number of hydrogen-bond acceptors (Lipinski definition) is 4. The van der Waals surface area contributed by atoms with Gasteiger partial charge in [-0.3, -0.25) is 14.7 Å². The number of hydrogen-bond donors (Lipinski definition) is 2. The number of hydroxylamine groups is 1. The second-order valence-corrected chi connectivity index (χ2v) is 6.03. The van der Waals surface area contributed by atoms with Crippen molar-refractivity contribution in [1.29, 1.82) is 0 Å². The summed E-state index contributed by atoms with van der Waals surface area (Å²) in [6, 6.07) is 11.7. The summed E-state index contributed by atoms with van der Waals surface area (Å²) < 4.78 is 14.7. The Hall–Kier alpha value is -2.51. The van der Waals surface area contributed by atoms with Crippen molar-refractivity contribution in [1.82, 2.24) is 15.3 Å². The van der Waals surface area contributed by atoms with E-state index in [1.165, 1.54) is 23.5 Å². The summed E-state index contributed by atoms with van der Waals surface area (Å²) in [5.74, 6) is -0.771. The van der Waals surface area contributed by atoms with E-state index in [0.717, 1.165) is 22.6 Å². The largest absolute Gasteiger partial charge is 0.288 e. The highest BCUT2D eigenvalue weighted by Gasteiger charge is 2.11. The average molecular weight is 331 g/mol. The van der Waals surface area contributed by atoms with Crippen LogP contribution < -0.4 is 5.48 Å². The van der Waals surface area contributed by atoms with E-state index in [0.29, 0.717) is 11.4 Å². The minimum absolute atomic E-state index is 0.240. The van der Waals surface area contributed by atoms with E-state index in [4.69, 9.17) is 5.21 Å². The van der Waals surface area contributed by atoms with Crippen LogP contribution in [-0.2, 0) is 13.0 Å². The molecule has 0 spiro atoms. The van der Waals surface area contributed by atoms with Crippen LogP contribution in [0.25, 0.3) is 10.6 Å². The van der Waals surface area contributed by atoms with Gasteiger partial charge in [-0.25, -0.2) is 9.87 Å². The average Bonchev–Trinajstić information content (AvgIpc) is 3.22. The lowest BCUT2D eigenvalue weighted by atomic mass is 10.1. The number of nitrogens with one attached hydrogen (secondary N) is 1. The van der Waals surface area contributed by atoms with E-state index in [2.05, 4.69) is 5.10 Å². The molecule has 3 aromatic rings. The monoisotopic (exact) mass is 331 g/mol. The van der Waals surface area contributed by atoms with E-state index in [1.54, 1.807) is 29.7 Å². The number of aromatic nitrogens is 2. The number of halogens is 1. The van der Waals surface area contributed by atoms with Gasteiger partial charge in [0, 0.05) is 12.7 Å². The number of nitrogens with zero attached hydrogens (tertiary/aromatic N) is 2. The Kier molecular flexibility index (Phi) is 4.50. The third-order valence-corrected chi connectivity index (χ3v) is 4.47. The zero-order valence-electron chi connectivity index (χ0n) is 12.1. The molecule has 0 aliphatic heterocycles. The molecular formula is C16H14FN3O2S. The molecule has 2 heterocycles. The Morgan fingerprint density at radius 3 is 2.74 bits per heavy atom. The van der Waals surface area contributed by atoms with Gasteiger partial charge in [-0.15, -0.1) is 11.3 Å². The molecule has 23 heavy (non-hydrogen) atoms. The molecule has 0 unspecified atom stereocenters. The van der Waals surface area contributed by atoms with E-state index in [1.807, 2.05) is 16.9 Å². The van der Waals surface area contributed by atoms with Gasteiger partial charge in [0.15, 0.2) is 0 Å². The van der Waals surface area contributed by atoms with Gasteiger partial charge < -0.3 is 0 Å². The Morgan fingerprint density at radius 1 is 1.22 bits per heavy atom. The molecule has 3 rings (SSSR count). The summed E-state index contributed by atoms with van der Waals surface area (Å²) in [6.07, 6.45) is 2.62. The first-order valence-corrected chi connectivity index (χ1v) is 7.80. The lowest BCUT2D eigenvalue weighted by Crippen LogP contribution is -2.16. The second-order valence-electron chi connectivity index (χ2n) is 4.95. The fourth-order valence-corrected chi connectivity index (χ4v) is 3.03. The minimum atomic E-state index is -0.531. The molecule has 1 aromatic carbocycles. The number of thiophene rings is 1. The van der Waals surface area contributed by atoms with Crippen LogP contribution in [-0.4, -0.2) is 20.9 Å². The van der Waals surface area contributed by atoms with Crippen molar-refractivity contribution >= 4 is 17.2 Å². The van der Waals surface area contributed by atoms with Crippen molar-refractivity contribution in [3.8, 4) is 10.6 Å². The van der Waals surface area contributed by atoms with Crippen molar-refractivity contribution < 1.29 is 14.4 Å². The highest BCUT2D eigenvalue weighted by Crippen LogP contribution is 2.26. The summed E-state index contributed by atoms with van der Waals surface area (Å²) >= 11 is 1.26. The third-order valence-electron chi connectivity index (χ3n) is 3.37. The first-order valence-electron chi connectivity index (χ1n) is 6.98. The van der Waals surface area contributed by atoms with Crippen molar-refractivity contribution in [2.45, 2.75) is 13.0 Å². The maximum Gasteiger partial charge on any atom is 0.284 e. The first kappa shape index (κ1) is 15.4. The fourth-order valence-electron chi connectivity index (χ4n) is 2.17. The van der Waals surface area contributed by atoms with Gasteiger partial charge in [-0.1, -0.05) is 12.1 Å². The molecule has 0 saturated heterocycles. The molecule has 1 amide bonds. The number of benzene rings is 1. The summed E-state index contributed by atoms with van der Waals surface area (Å²) in [5.41, 5.74) is 3.43. The molecule has 7 heteroatoms. The fraction of sp³-hybridized carbons (Fsp3) is 0.125. The van der Waals surface area contributed by atoms with Crippen molar-refractivity contribution in [2.24, 2.45) is 0 Å². The van der Waals surface area contributed by atoms with Crippen LogP contribution in [0.3, 0.4) is 0 Å². The van der Waals surface area contributed by atoms with Crippen LogP contribution in [0.1, 0.15) is 15.2 Å².